The third-order valence-corrected chi connectivity index (χ3v) is 3.19. The number of hydrogen-bond acceptors (Lipinski definition) is 8. The summed E-state index contributed by atoms with van der Waals surface area (Å²) in [5.74, 6) is -0.907. The molecule has 0 amide bonds. The summed E-state index contributed by atoms with van der Waals surface area (Å²) >= 11 is 0. The highest BCUT2D eigenvalue weighted by Gasteiger charge is 2.44. The molecule has 22 heavy (non-hydrogen) atoms. The van der Waals surface area contributed by atoms with Gasteiger partial charge in [0.05, 0.1) is 0 Å². The number of aromatic amines is 1. The van der Waals surface area contributed by atoms with Crippen LogP contribution >= 0.6 is 0 Å². The average Bonchev–Trinajstić information content (AvgIpc) is 2.73. The molecule has 5 atom stereocenters. The lowest BCUT2D eigenvalue weighted by Gasteiger charge is -2.16. The highest BCUT2D eigenvalue weighted by atomic mass is 16.6. The van der Waals surface area contributed by atoms with Gasteiger partial charge in [0.15, 0.2) is 6.23 Å². The molecule has 0 saturated carbocycles. The molecule has 1 aromatic heterocycles. The van der Waals surface area contributed by atoms with E-state index in [1.165, 1.54) is 6.92 Å². The Balaban J connectivity index is 2.11. The van der Waals surface area contributed by atoms with Crippen LogP contribution in [0, 0.1) is 0 Å². The van der Waals surface area contributed by atoms with Crippen molar-refractivity contribution in [2.75, 3.05) is 6.61 Å². The highest BCUT2D eigenvalue weighted by Crippen LogP contribution is 2.28. The molecule has 0 bridgehead atoms. The Morgan fingerprint density at radius 3 is 2.73 bits per heavy atom. The standard InChI is InChI=1S/C12H16N2O8/c1-5(15)11(19)21-4-6-8(17)9(18)10(22-6)14-3-2-7(16)13-12(14)20/h2-3,5-6,8-10,15,17-18H,4H2,1H3,(H,13,16,20). The van der Waals surface area contributed by atoms with Gasteiger partial charge in [-0.15, -0.1) is 0 Å². The number of aliphatic hydroxyl groups excluding tert-OH is 3. The third-order valence-electron chi connectivity index (χ3n) is 3.19. The molecular formula is C12H16N2O8. The number of nitrogens with zero attached hydrogens (tertiary/aromatic N) is 1. The second-order valence-corrected chi connectivity index (χ2v) is 4.87. The summed E-state index contributed by atoms with van der Waals surface area (Å²) in [7, 11) is 0. The second-order valence-electron chi connectivity index (χ2n) is 4.87. The first-order valence-electron chi connectivity index (χ1n) is 6.49. The van der Waals surface area contributed by atoms with Crippen molar-refractivity contribution < 1.29 is 29.6 Å². The molecule has 0 aliphatic carbocycles. The fourth-order valence-corrected chi connectivity index (χ4v) is 2.01. The fraction of sp³-hybridized carbons (Fsp3) is 0.583. The molecule has 4 N–H and O–H groups in total. The number of ether oxygens (including phenoxy) is 2. The number of esters is 1. The predicted molar refractivity (Wildman–Crippen MR) is 69.9 cm³/mol. The van der Waals surface area contributed by atoms with Crippen LogP contribution in [0.5, 0.6) is 0 Å². The third kappa shape index (κ3) is 3.25. The average molecular weight is 316 g/mol. The minimum Gasteiger partial charge on any atom is -0.461 e. The van der Waals surface area contributed by atoms with E-state index in [2.05, 4.69) is 0 Å². The van der Waals surface area contributed by atoms with Gasteiger partial charge in [0.1, 0.15) is 31.0 Å². The molecule has 2 heterocycles. The molecule has 1 aliphatic rings. The van der Waals surface area contributed by atoms with Crippen LogP contribution in [-0.4, -0.2) is 61.9 Å². The van der Waals surface area contributed by atoms with Gasteiger partial charge in [0.25, 0.3) is 5.56 Å². The quantitative estimate of drug-likeness (QED) is 0.431. The minimum atomic E-state index is -1.46. The van der Waals surface area contributed by atoms with E-state index in [0.29, 0.717) is 0 Å². The van der Waals surface area contributed by atoms with Crippen molar-refractivity contribution in [1.82, 2.24) is 9.55 Å². The Morgan fingerprint density at radius 2 is 2.14 bits per heavy atom. The largest absolute Gasteiger partial charge is 0.461 e. The van der Waals surface area contributed by atoms with Crippen LogP contribution in [0.2, 0.25) is 0 Å². The number of rotatable bonds is 4. The molecule has 1 aliphatic heterocycles. The van der Waals surface area contributed by atoms with E-state index in [-0.39, 0.29) is 0 Å². The molecule has 1 aromatic rings. The lowest BCUT2D eigenvalue weighted by atomic mass is 10.1. The number of carbonyl (C=O) groups excluding carboxylic acids is 1. The summed E-state index contributed by atoms with van der Waals surface area (Å²) in [6, 6.07) is 1.06. The van der Waals surface area contributed by atoms with Crippen LogP contribution in [0.3, 0.4) is 0 Å². The van der Waals surface area contributed by atoms with Gasteiger partial charge in [-0.3, -0.25) is 14.3 Å². The van der Waals surface area contributed by atoms with Gasteiger partial charge in [0.2, 0.25) is 0 Å². The predicted octanol–water partition coefficient (Wildman–Crippen LogP) is -2.92. The van der Waals surface area contributed by atoms with E-state index in [1.807, 2.05) is 4.98 Å². The molecule has 1 fully saturated rings. The van der Waals surface area contributed by atoms with Crippen molar-refractivity contribution in [3.05, 3.63) is 33.1 Å². The van der Waals surface area contributed by atoms with E-state index < -0.39 is 54.5 Å². The Labute approximate surface area is 123 Å². The van der Waals surface area contributed by atoms with Crippen molar-refractivity contribution in [3.8, 4) is 0 Å². The van der Waals surface area contributed by atoms with Crippen LogP contribution in [0.4, 0.5) is 0 Å². The number of aliphatic hydroxyl groups is 3. The maximum Gasteiger partial charge on any atom is 0.334 e. The van der Waals surface area contributed by atoms with Crippen LogP contribution in [0.25, 0.3) is 0 Å². The summed E-state index contributed by atoms with van der Waals surface area (Å²) in [4.78, 5) is 35.8. The first-order chi connectivity index (χ1) is 10.3. The molecule has 10 nitrogen and oxygen atoms in total. The zero-order valence-corrected chi connectivity index (χ0v) is 11.6. The number of hydrogen-bond donors (Lipinski definition) is 4. The van der Waals surface area contributed by atoms with Crippen LogP contribution in [0.15, 0.2) is 21.9 Å². The van der Waals surface area contributed by atoms with Crippen molar-refractivity contribution >= 4 is 5.97 Å². The van der Waals surface area contributed by atoms with Gasteiger partial charge >= 0.3 is 11.7 Å². The molecular weight excluding hydrogens is 300 g/mol. The van der Waals surface area contributed by atoms with Gasteiger partial charge in [0, 0.05) is 12.3 Å². The summed E-state index contributed by atoms with van der Waals surface area (Å²) in [6.07, 6.45) is -5.41. The lowest BCUT2D eigenvalue weighted by molar-refractivity contribution is -0.158. The van der Waals surface area contributed by atoms with E-state index in [4.69, 9.17) is 14.6 Å². The Hall–Kier alpha value is -2.01. The van der Waals surface area contributed by atoms with Crippen molar-refractivity contribution in [2.24, 2.45) is 0 Å². The summed E-state index contributed by atoms with van der Waals surface area (Å²) in [5.41, 5.74) is -1.43. The number of H-pyrrole nitrogens is 1. The van der Waals surface area contributed by atoms with Crippen LogP contribution in [0.1, 0.15) is 13.2 Å². The Kier molecular flexibility index (Phi) is 4.76. The maximum atomic E-state index is 11.7. The minimum absolute atomic E-state index is 0.406. The second kappa shape index (κ2) is 6.40. The van der Waals surface area contributed by atoms with E-state index in [0.717, 1.165) is 16.8 Å². The molecule has 1 saturated heterocycles. The Bertz CT molecular complexity index is 651. The lowest BCUT2D eigenvalue weighted by Crippen LogP contribution is -2.38. The fourth-order valence-electron chi connectivity index (χ4n) is 2.01. The monoisotopic (exact) mass is 316 g/mol. The zero-order valence-electron chi connectivity index (χ0n) is 11.6. The van der Waals surface area contributed by atoms with E-state index >= 15 is 0 Å². The zero-order chi connectivity index (χ0) is 16.4. The number of nitrogens with one attached hydrogen (secondary N) is 1. The van der Waals surface area contributed by atoms with Crippen molar-refractivity contribution in [2.45, 2.75) is 37.6 Å². The van der Waals surface area contributed by atoms with Gasteiger partial charge in [-0.1, -0.05) is 0 Å². The topological polar surface area (TPSA) is 151 Å². The number of carbonyl (C=O) groups is 1. The molecule has 122 valence electrons. The molecule has 5 unspecified atom stereocenters. The smallest absolute Gasteiger partial charge is 0.334 e. The molecule has 0 radical (unpaired) electrons. The van der Waals surface area contributed by atoms with Gasteiger partial charge < -0.3 is 24.8 Å². The molecule has 2 rings (SSSR count). The number of aromatic nitrogens is 2. The highest BCUT2D eigenvalue weighted by molar-refractivity contribution is 5.73. The Morgan fingerprint density at radius 1 is 1.45 bits per heavy atom. The normalized spacial score (nSPS) is 29.3. The summed E-state index contributed by atoms with van der Waals surface area (Å²) < 4.78 is 10.9. The van der Waals surface area contributed by atoms with Crippen LogP contribution < -0.4 is 11.2 Å². The maximum absolute atomic E-state index is 11.7. The van der Waals surface area contributed by atoms with E-state index in [9.17, 15) is 24.6 Å². The SMILES string of the molecule is CC(O)C(=O)OCC1OC(n2ccc(=O)[nH]c2=O)C(O)C1O. The molecule has 10 heteroatoms. The summed E-state index contributed by atoms with van der Waals surface area (Å²) in [5, 5.41) is 28.8. The van der Waals surface area contributed by atoms with Crippen molar-refractivity contribution in [1.29, 1.82) is 0 Å². The van der Waals surface area contributed by atoms with Gasteiger partial charge in [-0.05, 0) is 6.92 Å². The van der Waals surface area contributed by atoms with Crippen LogP contribution in [-0.2, 0) is 14.3 Å². The van der Waals surface area contributed by atoms with Gasteiger partial charge in [-0.25, -0.2) is 9.59 Å². The molecule has 0 aromatic carbocycles. The first kappa shape index (κ1) is 16.4. The van der Waals surface area contributed by atoms with E-state index in [1.54, 1.807) is 0 Å². The first-order valence-corrected chi connectivity index (χ1v) is 6.49. The summed E-state index contributed by atoms with van der Waals surface area (Å²) in [6.45, 7) is 0.808. The van der Waals surface area contributed by atoms with Crippen molar-refractivity contribution in [3.63, 3.8) is 0 Å². The molecule has 0 spiro atoms. The van der Waals surface area contributed by atoms with Gasteiger partial charge in [-0.2, -0.15) is 0 Å².